The number of benzene rings is 1. The minimum absolute atomic E-state index is 0.291. The Bertz CT molecular complexity index is 539. The summed E-state index contributed by atoms with van der Waals surface area (Å²) in [6.07, 6.45) is 0. The third-order valence-corrected chi connectivity index (χ3v) is 4.20. The van der Waals surface area contributed by atoms with Gasteiger partial charge in [-0.1, -0.05) is 12.1 Å². The van der Waals surface area contributed by atoms with E-state index in [9.17, 15) is 8.42 Å². The molecular weight excluding hydrogens is 238 g/mol. The second-order valence-corrected chi connectivity index (χ2v) is 6.38. The van der Waals surface area contributed by atoms with Gasteiger partial charge in [-0.05, 0) is 26.0 Å². The minimum Gasteiger partial charge on any atom is -0.366 e. The number of hydrogen-bond acceptors (Lipinski definition) is 3. The van der Waals surface area contributed by atoms with Crippen LogP contribution in [-0.2, 0) is 10.2 Å². The van der Waals surface area contributed by atoms with E-state index in [2.05, 4.69) is 4.90 Å². The number of rotatable bonds is 1. The molecule has 0 atom stereocenters. The lowest BCUT2D eigenvalue weighted by Crippen LogP contribution is -2.57. The van der Waals surface area contributed by atoms with Crippen molar-refractivity contribution in [2.45, 2.75) is 19.4 Å². The Morgan fingerprint density at radius 1 is 1.24 bits per heavy atom. The normalized spacial score (nSPS) is 19.1. The van der Waals surface area contributed by atoms with Gasteiger partial charge in [-0.25, -0.2) is 5.14 Å². The Morgan fingerprint density at radius 2 is 1.76 bits per heavy atom. The maximum atomic E-state index is 11.6. The van der Waals surface area contributed by atoms with E-state index in [0.29, 0.717) is 12.2 Å². The quantitative estimate of drug-likeness (QED) is 0.811. The Balaban J connectivity index is 2.64. The van der Waals surface area contributed by atoms with Crippen molar-refractivity contribution in [1.82, 2.24) is 0 Å². The van der Waals surface area contributed by atoms with Crippen LogP contribution < -0.4 is 14.3 Å². The van der Waals surface area contributed by atoms with Gasteiger partial charge < -0.3 is 4.90 Å². The number of para-hydroxylation sites is 2. The lowest BCUT2D eigenvalue weighted by Gasteiger charge is -2.46. The summed E-state index contributed by atoms with van der Waals surface area (Å²) in [5, 5.41) is 5.27. The van der Waals surface area contributed by atoms with E-state index < -0.39 is 10.2 Å². The summed E-state index contributed by atoms with van der Waals surface area (Å²) in [5.41, 5.74) is 1.22. The molecule has 1 aromatic rings. The molecule has 1 aliphatic heterocycles. The van der Waals surface area contributed by atoms with Crippen molar-refractivity contribution in [1.29, 1.82) is 0 Å². The molecule has 1 aliphatic rings. The van der Waals surface area contributed by atoms with Crippen LogP contribution in [0.3, 0.4) is 0 Å². The van der Waals surface area contributed by atoms with Crippen LogP contribution in [0.2, 0.25) is 0 Å². The Morgan fingerprint density at radius 3 is 2.29 bits per heavy atom. The van der Waals surface area contributed by atoms with Gasteiger partial charge in [0.1, 0.15) is 0 Å². The smallest absolute Gasteiger partial charge is 0.299 e. The molecule has 2 N–H and O–H groups in total. The average Bonchev–Trinajstić information content (AvgIpc) is 2.22. The number of anilines is 2. The van der Waals surface area contributed by atoms with E-state index in [4.69, 9.17) is 5.14 Å². The number of nitrogens with zero attached hydrogens (tertiary/aromatic N) is 2. The largest absolute Gasteiger partial charge is 0.366 e. The third kappa shape index (κ3) is 1.98. The van der Waals surface area contributed by atoms with Crippen LogP contribution >= 0.6 is 0 Å². The van der Waals surface area contributed by atoms with Gasteiger partial charge in [-0.2, -0.15) is 8.42 Å². The van der Waals surface area contributed by atoms with Crippen molar-refractivity contribution in [3.05, 3.63) is 24.3 Å². The fourth-order valence-corrected chi connectivity index (χ4v) is 2.98. The van der Waals surface area contributed by atoms with Gasteiger partial charge in [0, 0.05) is 7.05 Å². The molecule has 0 bridgehead atoms. The summed E-state index contributed by atoms with van der Waals surface area (Å²) < 4.78 is 24.5. The van der Waals surface area contributed by atoms with E-state index in [1.165, 1.54) is 4.31 Å². The highest BCUT2D eigenvalue weighted by molar-refractivity contribution is 7.90. The van der Waals surface area contributed by atoms with Crippen LogP contribution in [0.1, 0.15) is 13.8 Å². The highest BCUT2D eigenvalue weighted by Gasteiger charge is 2.37. The standard InChI is InChI=1S/C11H17N3O2S/c1-11(2)8-14(17(12,15)16)10-7-5-4-6-9(10)13(11)3/h4-7H,8H2,1-3H3,(H2,12,15,16). The Kier molecular flexibility index (Phi) is 2.59. The van der Waals surface area contributed by atoms with E-state index in [1.807, 2.05) is 39.1 Å². The molecule has 0 aliphatic carbocycles. The first-order valence-corrected chi connectivity index (χ1v) is 6.87. The Hall–Kier alpha value is -1.27. The predicted octanol–water partition coefficient (Wildman–Crippen LogP) is 0.925. The molecule has 0 radical (unpaired) electrons. The van der Waals surface area contributed by atoms with Gasteiger partial charge in [0.2, 0.25) is 0 Å². The maximum Gasteiger partial charge on any atom is 0.299 e. The van der Waals surface area contributed by atoms with Crippen molar-refractivity contribution < 1.29 is 8.42 Å². The minimum atomic E-state index is -3.73. The molecule has 0 saturated heterocycles. The van der Waals surface area contributed by atoms with Crippen LogP contribution in [-0.4, -0.2) is 27.5 Å². The zero-order valence-corrected chi connectivity index (χ0v) is 11.0. The summed E-state index contributed by atoms with van der Waals surface area (Å²) in [6.45, 7) is 4.32. The van der Waals surface area contributed by atoms with Crippen molar-refractivity contribution >= 4 is 21.6 Å². The molecule has 1 aromatic carbocycles. The topological polar surface area (TPSA) is 66.6 Å². The molecule has 0 saturated carbocycles. The van der Waals surface area contributed by atoms with E-state index in [0.717, 1.165) is 5.69 Å². The van der Waals surface area contributed by atoms with Crippen LogP contribution in [0.25, 0.3) is 0 Å². The highest BCUT2D eigenvalue weighted by atomic mass is 32.2. The van der Waals surface area contributed by atoms with Crippen molar-refractivity contribution in [2.24, 2.45) is 5.14 Å². The monoisotopic (exact) mass is 255 g/mol. The first-order valence-electron chi connectivity index (χ1n) is 5.37. The lowest BCUT2D eigenvalue weighted by atomic mass is 9.98. The van der Waals surface area contributed by atoms with Gasteiger partial charge in [-0.15, -0.1) is 0 Å². The number of fused-ring (bicyclic) bond motifs is 1. The fraction of sp³-hybridized carbons (Fsp3) is 0.455. The highest BCUT2D eigenvalue weighted by Crippen LogP contribution is 2.38. The van der Waals surface area contributed by atoms with Crippen LogP contribution in [0.5, 0.6) is 0 Å². The molecule has 0 spiro atoms. The van der Waals surface area contributed by atoms with Gasteiger partial charge in [0.15, 0.2) is 0 Å². The van der Waals surface area contributed by atoms with E-state index in [1.54, 1.807) is 6.07 Å². The SMILES string of the molecule is CN1c2ccccc2N(S(N)(=O)=O)CC1(C)C. The van der Waals surface area contributed by atoms with E-state index >= 15 is 0 Å². The molecule has 94 valence electrons. The molecule has 0 amide bonds. The lowest BCUT2D eigenvalue weighted by molar-refractivity contribution is 0.480. The third-order valence-electron chi connectivity index (χ3n) is 3.26. The van der Waals surface area contributed by atoms with Crippen LogP contribution in [0.4, 0.5) is 11.4 Å². The first kappa shape index (κ1) is 12.2. The molecule has 0 fully saturated rings. The molecule has 1 heterocycles. The summed E-state index contributed by atoms with van der Waals surface area (Å²) in [6, 6.07) is 7.36. The van der Waals surface area contributed by atoms with Gasteiger partial charge in [0.25, 0.3) is 10.2 Å². The van der Waals surface area contributed by atoms with Crippen LogP contribution in [0, 0.1) is 0 Å². The molecule has 5 nitrogen and oxygen atoms in total. The van der Waals surface area contributed by atoms with Gasteiger partial charge in [-0.3, -0.25) is 4.31 Å². The maximum absolute atomic E-state index is 11.6. The number of hydrogen-bond donors (Lipinski definition) is 1. The Labute approximate surface area is 102 Å². The molecular formula is C11H17N3O2S. The molecule has 0 unspecified atom stereocenters. The van der Waals surface area contributed by atoms with E-state index in [-0.39, 0.29) is 5.54 Å². The van der Waals surface area contributed by atoms with Crippen molar-refractivity contribution in [3.8, 4) is 0 Å². The molecule has 2 rings (SSSR count). The average molecular weight is 255 g/mol. The second kappa shape index (κ2) is 3.61. The first-order chi connectivity index (χ1) is 7.73. The number of likely N-dealkylation sites (N-methyl/N-ethyl adjacent to an activating group) is 1. The van der Waals surface area contributed by atoms with Gasteiger partial charge >= 0.3 is 0 Å². The second-order valence-electron chi connectivity index (χ2n) is 4.91. The predicted molar refractivity (Wildman–Crippen MR) is 69.4 cm³/mol. The van der Waals surface area contributed by atoms with Gasteiger partial charge in [0.05, 0.1) is 23.5 Å². The molecule has 17 heavy (non-hydrogen) atoms. The van der Waals surface area contributed by atoms with Crippen molar-refractivity contribution in [2.75, 3.05) is 22.8 Å². The summed E-state index contributed by atoms with van der Waals surface area (Å²) in [7, 11) is -1.77. The molecule has 0 aromatic heterocycles. The van der Waals surface area contributed by atoms with Crippen LogP contribution in [0.15, 0.2) is 24.3 Å². The van der Waals surface area contributed by atoms with Crippen molar-refractivity contribution in [3.63, 3.8) is 0 Å². The summed E-state index contributed by atoms with van der Waals surface area (Å²) >= 11 is 0. The zero-order valence-electron chi connectivity index (χ0n) is 10.2. The summed E-state index contributed by atoms with van der Waals surface area (Å²) in [4.78, 5) is 2.07. The zero-order chi connectivity index (χ0) is 12.8. The molecule has 6 heteroatoms. The number of nitrogens with two attached hydrogens (primary N) is 1. The summed E-state index contributed by atoms with van der Waals surface area (Å²) in [5.74, 6) is 0. The fourth-order valence-electron chi connectivity index (χ4n) is 2.05.